The van der Waals surface area contributed by atoms with Crippen molar-refractivity contribution >= 4 is 23.4 Å². The molecule has 0 saturated heterocycles. The van der Waals surface area contributed by atoms with E-state index < -0.39 is 23.6 Å². The molecule has 1 aromatic carbocycles. The number of pyridine rings is 1. The largest absolute Gasteiger partial charge is 0.492 e. The highest BCUT2D eigenvalue weighted by atomic mass is 19.3. The predicted octanol–water partition coefficient (Wildman–Crippen LogP) is 2.54. The Morgan fingerprint density at radius 1 is 1.26 bits per heavy atom. The Morgan fingerprint density at radius 2 is 2.06 bits per heavy atom. The summed E-state index contributed by atoms with van der Waals surface area (Å²) >= 11 is 0. The van der Waals surface area contributed by atoms with Gasteiger partial charge in [0.05, 0.1) is 19.1 Å². The molecule has 2 heterocycles. The lowest BCUT2D eigenvalue weighted by atomic mass is 9.92. The third kappa shape index (κ3) is 4.40. The lowest BCUT2D eigenvalue weighted by Crippen LogP contribution is -2.44. The van der Waals surface area contributed by atoms with Gasteiger partial charge in [0.2, 0.25) is 0 Å². The molecule has 1 aliphatic carbocycles. The number of ether oxygens (including phenoxy) is 1. The molecule has 1 unspecified atom stereocenters. The van der Waals surface area contributed by atoms with Crippen LogP contribution in [0.1, 0.15) is 53.4 Å². The molecule has 2 amide bonds. The van der Waals surface area contributed by atoms with Crippen LogP contribution in [-0.4, -0.2) is 45.9 Å². The molecule has 2 aliphatic rings. The molecule has 1 atom stereocenters. The second kappa shape index (κ2) is 9.28. The summed E-state index contributed by atoms with van der Waals surface area (Å²) in [6, 6.07) is 6.90. The lowest BCUT2D eigenvalue weighted by molar-refractivity contribution is -0.148. The first-order valence-corrected chi connectivity index (χ1v) is 10.9. The van der Waals surface area contributed by atoms with Gasteiger partial charge >= 0.3 is 5.92 Å². The van der Waals surface area contributed by atoms with Crippen LogP contribution in [0, 0.1) is 0 Å². The van der Waals surface area contributed by atoms with Crippen molar-refractivity contribution < 1.29 is 32.7 Å². The summed E-state index contributed by atoms with van der Waals surface area (Å²) < 4.78 is 34.7. The molecule has 0 radical (unpaired) electrons. The van der Waals surface area contributed by atoms with E-state index in [1.54, 1.807) is 25.1 Å². The first-order chi connectivity index (χ1) is 16.2. The normalized spacial score (nSPS) is 18.1. The number of fused-ring (bicyclic) bond motifs is 1. The highest BCUT2D eigenvalue weighted by Crippen LogP contribution is 2.34. The Kier molecular flexibility index (Phi) is 6.41. The summed E-state index contributed by atoms with van der Waals surface area (Å²) in [5.41, 5.74) is 0.811. The van der Waals surface area contributed by atoms with Crippen LogP contribution < -0.4 is 10.1 Å². The second-order valence-corrected chi connectivity index (χ2v) is 8.20. The van der Waals surface area contributed by atoms with Crippen molar-refractivity contribution in [2.24, 2.45) is 0 Å². The fourth-order valence-corrected chi connectivity index (χ4v) is 4.25. The number of aromatic nitrogens is 1. The van der Waals surface area contributed by atoms with E-state index in [0.29, 0.717) is 23.1 Å². The van der Waals surface area contributed by atoms with E-state index in [1.165, 1.54) is 17.0 Å². The van der Waals surface area contributed by atoms with E-state index in [-0.39, 0.29) is 55.8 Å². The monoisotopic (exact) mass is 471 g/mol. The fraction of sp³-hybridized carbons (Fsp3) is 0.375. The number of benzene rings is 1. The van der Waals surface area contributed by atoms with Gasteiger partial charge in [0.1, 0.15) is 11.5 Å². The smallest absolute Gasteiger partial charge is 0.369 e. The summed E-state index contributed by atoms with van der Waals surface area (Å²) in [5.74, 6) is -6.30. The number of halogens is 2. The molecule has 1 aliphatic heterocycles. The number of carbonyl (C=O) groups is 4. The number of carbonyl (C=O) groups excluding carboxylic acids is 4. The van der Waals surface area contributed by atoms with Crippen LogP contribution in [0.25, 0.3) is 0 Å². The van der Waals surface area contributed by atoms with Gasteiger partial charge in [-0.05, 0) is 42.7 Å². The van der Waals surface area contributed by atoms with E-state index in [1.807, 2.05) is 0 Å². The molecule has 1 aromatic heterocycles. The predicted molar refractivity (Wildman–Crippen MR) is 115 cm³/mol. The number of hydrogen-bond acceptors (Lipinski definition) is 6. The SMILES string of the molecule is CCOc1cccnc1C(F)(F)C(=O)NCc1ccc2c(c1)CN(C1CCC(=O)CC1=O)C2=O. The zero-order valence-corrected chi connectivity index (χ0v) is 18.5. The van der Waals surface area contributed by atoms with Gasteiger partial charge in [0.15, 0.2) is 11.5 Å². The average molecular weight is 471 g/mol. The van der Waals surface area contributed by atoms with E-state index in [9.17, 15) is 28.0 Å². The van der Waals surface area contributed by atoms with Crippen molar-refractivity contribution in [2.45, 2.75) is 51.2 Å². The van der Waals surface area contributed by atoms with Crippen molar-refractivity contribution in [1.29, 1.82) is 0 Å². The molecule has 1 saturated carbocycles. The summed E-state index contributed by atoms with van der Waals surface area (Å²) in [5, 5.41) is 2.22. The zero-order chi connectivity index (χ0) is 24.5. The van der Waals surface area contributed by atoms with Crippen molar-refractivity contribution in [2.75, 3.05) is 6.61 Å². The average Bonchev–Trinajstić information content (AvgIpc) is 3.13. The molecule has 2 aromatic rings. The summed E-state index contributed by atoms with van der Waals surface area (Å²) in [7, 11) is 0. The number of Topliss-reactive ketones (excluding diaryl/α,β-unsaturated/α-hetero) is 2. The Balaban J connectivity index is 1.44. The fourth-order valence-electron chi connectivity index (χ4n) is 4.25. The Labute approximate surface area is 194 Å². The third-order valence-corrected chi connectivity index (χ3v) is 5.92. The second-order valence-electron chi connectivity index (χ2n) is 8.20. The minimum atomic E-state index is -3.91. The molecule has 4 rings (SSSR count). The van der Waals surface area contributed by atoms with Gasteiger partial charge in [-0.2, -0.15) is 8.78 Å². The Morgan fingerprint density at radius 3 is 2.79 bits per heavy atom. The standard InChI is InChI=1S/C24H23F2N3O5/c1-2-34-20-4-3-9-27-21(20)24(25,26)23(33)28-12-14-5-7-17-15(10-14)13-29(22(17)32)18-8-6-16(30)11-19(18)31/h3-5,7,9-10,18H,2,6,8,11-13H2,1H3,(H,28,33). The lowest BCUT2D eigenvalue weighted by Gasteiger charge is -2.29. The molecular formula is C24H23F2N3O5. The molecule has 10 heteroatoms. The van der Waals surface area contributed by atoms with Gasteiger partial charge in [-0.3, -0.25) is 24.2 Å². The number of alkyl halides is 2. The highest BCUT2D eigenvalue weighted by Gasteiger charge is 2.45. The Bertz CT molecular complexity index is 1170. The maximum atomic E-state index is 14.8. The highest BCUT2D eigenvalue weighted by molar-refractivity contribution is 6.07. The number of nitrogens with one attached hydrogen (secondary N) is 1. The molecular weight excluding hydrogens is 448 g/mol. The molecule has 8 nitrogen and oxygen atoms in total. The summed E-state index contributed by atoms with van der Waals surface area (Å²) in [4.78, 5) is 53.9. The van der Waals surface area contributed by atoms with Crippen LogP contribution in [0.4, 0.5) is 8.78 Å². The van der Waals surface area contributed by atoms with E-state index >= 15 is 0 Å². The van der Waals surface area contributed by atoms with Gasteiger partial charge in [-0.15, -0.1) is 0 Å². The first-order valence-electron chi connectivity index (χ1n) is 10.9. The van der Waals surface area contributed by atoms with Gasteiger partial charge in [0.25, 0.3) is 11.8 Å². The summed E-state index contributed by atoms with van der Waals surface area (Å²) in [6.45, 7) is 1.77. The van der Waals surface area contributed by atoms with Crippen LogP contribution in [0.15, 0.2) is 36.5 Å². The van der Waals surface area contributed by atoms with Gasteiger partial charge < -0.3 is 15.0 Å². The minimum Gasteiger partial charge on any atom is -0.492 e. The molecule has 1 fully saturated rings. The number of nitrogens with zero attached hydrogens (tertiary/aromatic N) is 2. The third-order valence-electron chi connectivity index (χ3n) is 5.92. The van der Waals surface area contributed by atoms with Crippen molar-refractivity contribution in [1.82, 2.24) is 15.2 Å². The molecule has 34 heavy (non-hydrogen) atoms. The van der Waals surface area contributed by atoms with Gasteiger partial charge in [0, 0.05) is 31.3 Å². The van der Waals surface area contributed by atoms with Crippen LogP contribution in [-0.2, 0) is 33.4 Å². The maximum absolute atomic E-state index is 14.8. The van der Waals surface area contributed by atoms with Crippen molar-refractivity contribution in [3.63, 3.8) is 0 Å². The van der Waals surface area contributed by atoms with Crippen LogP contribution in [0.3, 0.4) is 0 Å². The van der Waals surface area contributed by atoms with E-state index in [4.69, 9.17) is 4.74 Å². The van der Waals surface area contributed by atoms with Crippen molar-refractivity contribution in [3.8, 4) is 5.75 Å². The van der Waals surface area contributed by atoms with Gasteiger partial charge in [-0.25, -0.2) is 0 Å². The Hall–Kier alpha value is -3.69. The van der Waals surface area contributed by atoms with E-state index in [2.05, 4.69) is 10.3 Å². The summed E-state index contributed by atoms with van der Waals surface area (Å²) in [6.07, 6.45) is 1.54. The molecule has 0 bridgehead atoms. The molecule has 1 N–H and O–H groups in total. The topological polar surface area (TPSA) is 106 Å². The minimum absolute atomic E-state index is 0.126. The van der Waals surface area contributed by atoms with Crippen molar-refractivity contribution in [3.05, 3.63) is 58.9 Å². The molecule has 178 valence electrons. The quantitative estimate of drug-likeness (QED) is 0.623. The molecule has 0 spiro atoms. The number of ketones is 2. The van der Waals surface area contributed by atoms with Crippen LogP contribution in [0.2, 0.25) is 0 Å². The first kappa shape index (κ1) is 23.5. The maximum Gasteiger partial charge on any atom is 0.369 e. The van der Waals surface area contributed by atoms with Crippen LogP contribution in [0.5, 0.6) is 5.75 Å². The van der Waals surface area contributed by atoms with E-state index in [0.717, 1.165) is 6.20 Å². The number of amides is 2. The number of hydrogen-bond donors (Lipinski definition) is 1. The van der Waals surface area contributed by atoms with Crippen LogP contribution >= 0.6 is 0 Å². The zero-order valence-electron chi connectivity index (χ0n) is 18.5. The number of rotatable bonds is 7. The van der Waals surface area contributed by atoms with Gasteiger partial charge in [-0.1, -0.05) is 12.1 Å².